The van der Waals surface area contributed by atoms with Crippen molar-refractivity contribution in [1.82, 2.24) is 0 Å². The molecule has 0 saturated carbocycles. The molecule has 130 valence electrons. The molecule has 0 amide bonds. The van der Waals surface area contributed by atoms with Gasteiger partial charge in [0.1, 0.15) is 5.75 Å². The molecule has 1 aromatic rings. The van der Waals surface area contributed by atoms with Gasteiger partial charge in [-0.15, -0.1) is 0 Å². The van der Waals surface area contributed by atoms with Crippen molar-refractivity contribution in [2.45, 2.75) is 58.3 Å². The molecule has 0 fully saturated rings. The van der Waals surface area contributed by atoms with Gasteiger partial charge in [-0.2, -0.15) is 0 Å². The van der Waals surface area contributed by atoms with Crippen LogP contribution in [0.4, 0.5) is 9.59 Å². The zero-order valence-corrected chi connectivity index (χ0v) is 13.5. The van der Waals surface area contributed by atoms with Gasteiger partial charge in [0, 0.05) is 0 Å². The largest absolute Gasteiger partial charge is 0.511 e. The van der Waals surface area contributed by atoms with E-state index in [9.17, 15) is 4.79 Å². The number of ether oxygens (including phenoxy) is 1. The summed E-state index contributed by atoms with van der Waals surface area (Å²) >= 11 is 0. The van der Waals surface area contributed by atoms with Crippen LogP contribution < -0.4 is 4.74 Å². The van der Waals surface area contributed by atoms with Gasteiger partial charge in [0.15, 0.2) is 0 Å². The summed E-state index contributed by atoms with van der Waals surface area (Å²) in [5.41, 5.74) is 0.985. The maximum atomic E-state index is 10.6. The molecule has 0 heterocycles. The molecule has 0 unspecified atom stereocenters. The number of benzene rings is 1. The Labute approximate surface area is 136 Å². The Kier molecular flexibility index (Phi) is 12.1. The van der Waals surface area contributed by atoms with Crippen LogP contribution in [0.1, 0.15) is 57.4 Å². The number of hydrogen-bond donors (Lipinski definition) is 3. The monoisotopic (exact) mass is 326 g/mol. The molecule has 23 heavy (non-hydrogen) atoms. The highest BCUT2D eigenvalue weighted by atomic mass is 16.7. The van der Waals surface area contributed by atoms with Crippen LogP contribution >= 0.6 is 0 Å². The van der Waals surface area contributed by atoms with E-state index in [0.717, 1.165) is 18.4 Å². The summed E-state index contributed by atoms with van der Waals surface area (Å²) in [5.74, 6) is 0.473. The summed E-state index contributed by atoms with van der Waals surface area (Å²) in [4.78, 5) is 19.1. The Bertz CT molecular complexity index is 454. The van der Waals surface area contributed by atoms with Crippen LogP contribution in [0, 0.1) is 0 Å². The maximum absolute atomic E-state index is 10.6. The Morgan fingerprint density at radius 2 is 1.43 bits per heavy atom. The predicted octanol–water partition coefficient (Wildman–Crippen LogP) is 5.26. The summed E-state index contributed by atoms with van der Waals surface area (Å²) in [6.45, 7) is 2.22. The third-order valence-electron chi connectivity index (χ3n) is 3.22. The van der Waals surface area contributed by atoms with Crippen LogP contribution in [0.2, 0.25) is 0 Å². The molecule has 0 aromatic heterocycles. The molecule has 0 aliphatic carbocycles. The first-order valence-electron chi connectivity index (χ1n) is 7.88. The topological polar surface area (TPSA) is 104 Å². The van der Waals surface area contributed by atoms with Crippen molar-refractivity contribution in [2.24, 2.45) is 0 Å². The summed E-state index contributed by atoms with van der Waals surface area (Å²) in [6, 6.07) is 7.37. The van der Waals surface area contributed by atoms with Gasteiger partial charge in [0.25, 0.3) is 0 Å². The van der Waals surface area contributed by atoms with Gasteiger partial charge in [-0.1, -0.05) is 63.6 Å². The lowest BCUT2D eigenvalue weighted by molar-refractivity contribution is 0.136. The minimum absolute atomic E-state index is 0.473. The van der Waals surface area contributed by atoms with Crippen molar-refractivity contribution in [3.63, 3.8) is 0 Å². The molecule has 1 rings (SSSR count). The minimum Gasteiger partial charge on any atom is -0.450 e. The van der Waals surface area contributed by atoms with Gasteiger partial charge < -0.3 is 20.1 Å². The van der Waals surface area contributed by atoms with Crippen LogP contribution in [0.3, 0.4) is 0 Å². The molecule has 0 aliphatic heterocycles. The van der Waals surface area contributed by atoms with Crippen molar-refractivity contribution in [3.05, 3.63) is 29.8 Å². The van der Waals surface area contributed by atoms with Gasteiger partial charge in [0.2, 0.25) is 0 Å². The van der Waals surface area contributed by atoms with E-state index in [4.69, 9.17) is 24.9 Å². The lowest BCUT2D eigenvalue weighted by Gasteiger charge is -2.07. The van der Waals surface area contributed by atoms with E-state index in [-0.39, 0.29) is 0 Å². The lowest BCUT2D eigenvalue weighted by atomic mass is 10.0. The van der Waals surface area contributed by atoms with Crippen LogP contribution in [-0.4, -0.2) is 27.6 Å². The first-order valence-corrected chi connectivity index (χ1v) is 7.88. The Balaban J connectivity index is 0.00000108. The Morgan fingerprint density at radius 3 is 2.00 bits per heavy atom. The van der Waals surface area contributed by atoms with E-state index in [2.05, 4.69) is 6.92 Å². The first-order chi connectivity index (χ1) is 11.0. The number of hydrogen-bond acceptors (Lipinski definition) is 3. The third-order valence-corrected chi connectivity index (χ3v) is 3.22. The quantitative estimate of drug-likeness (QED) is 0.325. The highest BCUT2D eigenvalue weighted by Gasteiger charge is 2.06. The number of carboxylic acid groups (broad SMARTS) is 3. The molecular weight excluding hydrogens is 300 g/mol. The summed E-state index contributed by atoms with van der Waals surface area (Å²) in [5, 5.41) is 22.6. The second-order valence-electron chi connectivity index (χ2n) is 5.13. The number of carbonyl (C=O) groups is 2. The zero-order valence-electron chi connectivity index (χ0n) is 13.5. The zero-order chi connectivity index (χ0) is 17.5. The molecule has 6 heteroatoms. The summed E-state index contributed by atoms with van der Waals surface area (Å²) in [6.07, 6.45) is 6.61. The van der Waals surface area contributed by atoms with Gasteiger partial charge in [-0.05, 0) is 24.5 Å². The molecule has 0 aliphatic rings. The second kappa shape index (κ2) is 13.4. The normalized spacial score (nSPS) is 9.61. The van der Waals surface area contributed by atoms with Gasteiger partial charge >= 0.3 is 12.3 Å². The van der Waals surface area contributed by atoms with Crippen molar-refractivity contribution in [1.29, 1.82) is 0 Å². The molecule has 0 atom stereocenters. The fourth-order valence-corrected chi connectivity index (χ4v) is 2.18. The smallest absolute Gasteiger partial charge is 0.450 e. The third kappa shape index (κ3) is 13.2. The molecule has 0 radical (unpaired) electrons. The molecule has 0 saturated heterocycles. The van der Waals surface area contributed by atoms with Crippen LogP contribution in [0.25, 0.3) is 0 Å². The summed E-state index contributed by atoms with van der Waals surface area (Å²) < 4.78 is 4.77. The van der Waals surface area contributed by atoms with Gasteiger partial charge in [0.05, 0.1) is 0 Å². The number of para-hydroxylation sites is 1. The summed E-state index contributed by atoms with van der Waals surface area (Å²) in [7, 11) is 0. The minimum atomic E-state index is -1.83. The molecule has 0 bridgehead atoms. The highest BCUT2D eigenvalue weighted by molar-refractivity contribution is 5.62. The number of aryl methyl sites for hydroxylation is 1. The van der Waals surface area contributed by atoms with E-state index in [1.54, 1.807) is 12.1 Å². The van der Waals surface area contributed by atoms with Crippen LogP contribution in [-0.2, 0) is 6.42 Å². The molecule has 6 nitrogen and oxygen atoms in total. The molecular formula is C17H26O6. The molecule has 0 spiro atoms. The second-order valence-corrected chi connectivity index (χ2v) is 5.13. The van der Waals surface area contributed by atoms with E-state index in [1.807, 2.05) is 12.1 Å². The SMILES string of the molecule is CCCCCCCCCc1ccccc1OC(=O)O.O=C(O)O. The number of rotatable bonds is 9. The van der Waals surface area contributed by atoms with Crippen molar-refractivity contribution in [3.8, 4) is 5.75 Å². The Hall–Kier alpha value is -2.24. The van der Waals surface area contributed by atoms with Gasteiger partial charge in [-0.25, -0.2) is 9.59 Å². The van der Waals surface area contributed by atoms with Crippen molar-refractivity contribution in [2.75, 3.05) is 0 Å². The number of unbranched alkanes of at least 4 members (excludes halogenated alkanes) is 6. The fourth-order valence-electron chi connectivity index (χ4n) is 2.18. The van der Waals surface area contributed by atoms with E-state index < -0.39 is 12.3 Å². The first kappa shape index (κ1) is 20.8. The van der Waals surface area contributed by atoms with Gasteiger partial charge in [-0.3, -0.25) is 0 Å². The average molecular weight is 326 g/mol. The predicted molar refractivity (Wildman–Crippen MR) is 87.4 cm³/mol. The fraction of sp³-hybridized carbons (Fsp3) is 0.529. The Morgan fingerprint density at radius 1 is 0.913 bits per heavy atom. The highest BCUT2D eigenvalue weighted by Crippen LogP contribution is 2.21. The van der Waals surface area contributed by atoms with Crippen LogP contribution in [0.15, 0.2) is 24.3 Å². The molecule has 1 aromatic carbocycles. The molecule has 3 N–H and O–H groups in total. The van der Waals surface area contributed by atoms with E-state index >= 15 is 0 Å². The standard InChI is InChI=1S/C16H24O3.CH2O3/c1-2-3-4-5-6-7-8-11-14-12-9-10-13-15(14)19-16(17)18;2-1(3)4/h9-10,12-13H,2-8,11H2,1H3,(H,17,18);(H2,2,3,4). The van der Waals surface area contributed by atoms with E-state index in [1.165, 1.54) is 38.5 Å². The average Bonchev–Trinajstić information content (AvgIpc) is 2.47. The maximum Gasteiger partial charge on any atom is 0.511 e. The van der Waals surface area contributed by atoms with Crippen molar-refractivity contribution < 1.29 is 29.6 Å². The van der Waals surface area contributed by atoms with E-state index in [0.29, 0.717) is 5.75 Å². The van der Waals surface area contributed by atoms with Crippen LogP contribution in [0.5, 0.6) is 5.75 Å². The lowest BCUT2D eigenvalue weighted by Crippen LogP contribution is -2.05. The van der Waals surface area contributed by atoms with Crippen molar-refractivity contribution >= 4 is 12.3 Å².